The quantitative estimate of drug-likeness (QED) is 0.0992. The number of hydrogen-bond donors (Lipinski definition) is 5. The molecule has 5 N–H and O–H groups in total. The highest BCUT2D eigenvalue weighted by atomic mass is 16.4. The van der Waals surface area contributed by atoms with Crippen molar-refractivity contribution in [2.45, 2.75) is 142 Å². The van der Waals surface area contributed by atoms with Gasteiger partial charge in [0.15, 0.2) is 11.6 Å². The van der Waals surface area contributed by atoms with Crippen molar-refractivity contribution in [3.8, 4) is 0 Å². The van der Waals surface area contributed by atoms with E-state index in [1.807, 2.05) is 6.92 Å². The van der Waals surface area contributed by atoms with Gasteiger partial charge in [0.05, 0.1) is 12.1 Å². The Morgan fingerprint density at radius 1 is 0.571 bits per heavy atom. The van der Waals surface area contributed by atoms with Crippen molar-refractivity contribution in [1.29, 1.82) is 0 Å². The van der Waals surface area contributed by atoms with Crippen LogP contribution in [-0.4, -0.2) is 70.9 Å². The molecule has 0 saturated carbocycles. The van der Waals surface area contributed by atoms with Gasteiger partial charge in [0.1, 0.15) is 11.8 Å². The van der Waals surface area contributed by atoms with Gasteiger partial charge in [-0.2, -0.15) is 0 Å². The molecule has 240 valence electrons. The molecule has 0 aromatic carbocycles. The number of hydrogen-bond acceptors (Lipinski definition) is 7. The number of carbonyl (C=O) groups excluding carboxylic acids is 6. The largest absolute Gasteiger partial charge is 0.480 e. The number of amides is 4. The molecule has 0 aromatic rings. The van der Waals surface area contributed by atoms with Crippen molar-refractivity contribution < 1.29 is 38.7 Å². The van der Waals surface area contributed by atoms with Crippen LogP contribution in [0.1, 0.15) is 124 Å². The molecule has 0 aliphatic rings. The molecular weight excluding hydrogens is 544 g/mol. The number of aliphatic carboxylic acids is 1. The standard InChI is InChI=1S/C30H52N4O8/c1-5-6-9-15-26(29(40)41)32-28(39)17-11-8-7-10-16-27(38)31-20-13-12-14-24(22(3)36)33-30(42)34-25(23(4)37)19-18-21(2)35/h24-26H,5-20H2,1-4H3,(H,31,38)(H,32,39)(H,40,41)(H2,33,34,42). The summed E-state index contributed by atoms with van der Waals surface area (Å²) in [5.41, 5.74) is 0. The van der Waals surface area contributed by atoms with Gasteiger partial charge in [-0.05, 0) is 65.7 Å². The van der Waals surface area contributed by atoms with E-state index in [1.54, 1.807) is 0 Å². The predicted octanol–water partition coefficient (Wildman–Crippen LogP) is 3.35. The Morgan fingerprint density at radius 3 is 1.62 bits per heavy atom. The summed E-state index contributed by atoms with van der Waals surface area (Å²) in [6.45, 7) is 6.59. The van der Waals surface area contributed by atoms with Crippen LogP contribution < -0.4 is 21.3 Å². The van der Waals surface area contributed by atoms with Gasteiger partial charge in [0, 0.05) is 25.8 Å². The topological polar surface area (TPSA) is 188 Å². The summed E-state index contributed by atoms with van der Waals surface area (Å²) in [6.07, 6.45) is 8.57. The number of nitrogens with one attached hydrogen (secondary N) is 4. The summed E-state index contributed by atoms with van der Waals surface area (Å²) in [5, 5.41) is 19.8. The third-order valence-electron chi connectivity index (χ3n) is 6.91. The van der Waals surface area contributed by atoms with E-state index in [-0.39, 0.29) is 48.4 Å². The molecule has 0 fully saturated rings. The molecular formula is C30H52N4O8. The number of urea groups is 1. The number of carbonyl (C=O) groups is 7. The van der Waals surface area contributed by atoms with E-state index in [9.17, 15) is 38.7 Å². The van der Waals surface area contributed by atoms with Crippen molar-refractivity contribution in [2.24, 2.45) is 0 Å². The van der Waals surface area contributed by atoms with Gasteiger partial charge in [-0.1, -0.05) is 39.0 Å². The summed E-state index contributed by atoms with van der Waals surface area (Å²) >= 11 is 0. The second-order valence-electron chi connectivity index (χ2n) is 10.9. The molecule has 4 amide bonds. The molecule has 0 aromatic heterocycles. The molecule has 3 atom stereocenters. The van der Waals surface area contributed by atoms with Gasteiger partial charge >= 0.3 is 12.0 Å². The van der Waals surface area contributed by atoms with Crippen molar-refractivity contribution in [3.05, 3.63) is 0 Å². The first kappa shape index (κ1) is 38.7. The summed E-state index contributed by atoms with van der Waals surface area (Å²) in [7, 11) is 0. The molecule has 42 heavy (non-hydrogen) atoms. The number of rotatable bonds is 25. The Bertz CT molecular complexity index is 893. The highest BCUT2D eigenvalue weighted by Crippen LogP contribution is 2.08. The molecule has 0 radical (unpaired) electrons. The third-order valence-corrected chi connectivity index (χ3v) is 6.91. The molecule has 12 heteroatoms. The number of carboxylic acid groups (broad SMARTS) is 1. The molecule has 12 nitrogen and oxygen atoms in total. The van der Waals surface area contributed by atoms with Crippen molar-refractivity contribution in [2.75, 3.05) is 6.54 Å². The minimum absolute atomic E-state index is 0.0782. The SMILES string of the molecule is CCCCCC(NC(=O)CCCCCCC(=O)NCCCCC(NC(=O)NC(CCC(C)=O)C(C)=O)C(C)=O)C(=O)O. The lowest BCUT2D eigenvalue weighted by Crippen LogP contribution is -2.50. The predicted molar refractivity (Wildman–Crippen MR) is 159 cm³/mol. The van der Waals surface area contributed by atoms with Crippen molar-refractivity contribution >= 4 is 41.2 Å². The van der Waals surface area contributed by atoms with Crippen LogP contribution in [0.5, 0.6) is 0 Å². The first-order valence-electron chi connectivity index (χ1n) is 15.2. The smallest absolute Gasteiger partial charge is 0.326 e. The first-order chi connectivity index (χ1) is 19.9. The zero-order valence-corrected chi connectivity index (χ0v) is 25.9. The molecule has 0 bridgehead atoms. The van der Waals surface area contributed by atoms with Crippen LogP contribution >= 0.6 is 0 Å². The lowest BCUT2D eigenvalue weighted by molar-refractivity contribution is -0.142. The number of unbranched alkanes of at least 4 members (excludes halogenated alkanes) is 6. The Morgan fingerprint density at radius 2 is 1.10 bits per heavy atom. The fourth-order valence-corrected chi connectivity index (χ4v) is 4.30. The molecule has 0 aliphatic carbocycles. The molecule has 0 saturated heterocycles. The second kappa shape index (κ2) is 23.3. The van der Waals surface area contributed by atoms with E-state index in [2.05, 4.69) is 21.3 Å². The lowest BCUT2D eigenvalue weighted by Gasteiger charge is -2.20. The summed E-state index contributed by atoms with van der Waals surface area (Å²) < 4.78 is 0. The number of carboxylic acids is 1. The highest BCUT2D eigenvalue weighted by molar-refractivity contribution is 5.90. The number of Topliss-reactive ketones (excluding diaryl/α,β-unsaturated/α-hetero) is 3. The van der Waals surface area contributed by atoms with Gasteiger partial charge in [-0.3, -0.25) is 19.2 Å². The van der Waals surface area contributed by atoms with Crippen LogP contribution in [-0.2, 0) is 28.8 Å². The molecule has 0 spiro atoms. The van der Waals surface area contributed by atoms with Gasteiger partial charge < -0.3 is 31.2 Å². The van der Waals surface area contributed by atoms with E-state index >= 15 is 0 Å². The Labute approximate surface area is 249 Å². The molecule has 0 aliphatic heterocycles. The maximum atomic E-state index is 12.3. The average Bonchev–Trinajstić information content (AvgIpc) is 2.91. The first-order valence-corrected chi connectivity index (χ1v) is 15.2. The van der Waals surface area contributed by atoms with E-state index in [4.69, 9.17) is 0 Å². The van der Waals surface area contributed by atoms with Crippen LogP contribution in [0.15, 0.2) is 0 Å². The van der Waals surface area contributed by atoms with E-state index in [0.717, 1.165) is 32.1 Å². The minimum Gasteiger partial charge on any atom is -0.480 e. The lowest BCUT2D eigenvalue weighted by atomic mass is 10.1. The maximum Gasteiger partial charge on any atom is 0.326 e. The van der Waals surface area contributed by atoms with Gasteiger partial charge in [0.2, 0.25) is 11.8 Å². The van der Waals surface area contributed by atoms with Gasteiger partial charge in [0.25, 0.3) is 0 Å². The molecule has 0 heterocycles. The molecule has 0 rings (SSSR count). The summed E-state index contributed by atoms with van der Waals surface area (Å²) in [5.74, 6) is -1.92. The minimum atomic E-state index is -1.01. The van der Waals surface area contributed by atoms with Crippen LogP contribution in [0.3, 0.4) is 0 Å². The van der Waals surface area contributed by atoms with Crippen LogP contribution in [0.25, 0.3) is 0 Å². The number of ketones is 3. The Hall–Kier alpha value is -3.31. The Balaban J connectivity index is 4.10. The molecule has 3 unspecified atom stereocenters. The average molecular weight is 597 g/mol. The summed E-state index contributed by atoms with van der Waals surface area (Å²) in [6, 6.07) is -3.00. The second-order valence-corrected chi connectivity index (χ2v) is 10.9. The van der Waals surface area contributed by atoms with Gasteiger partial charge in [-0.15, -0.1) is 0 Å². The zero-order valence-electron chi connectivity index (χ0n) is 25.9. The normalized spacial score (nSPS) is 12.9. The zero-order chi connectivity index (χ0) is 31.9. The van der Waals surface area contributed by atoms with Crippen molar-refractivity contribution in [1.82, 2.24) is 21.3 Å². The third kappa shape index (κ3) is 20.5. The maximum absolute atomic E-state index is 12.3. The Kier molecular flexibility index (Phi) is 21.4. The van der Waals surface area contributed by atoms with E-state index in [1.165, 1.54) is 20.8 Å². The van der Waals surface area contributed by atoms with Crippen LogP contribution in [0, 0.1) is 0 Å². The fraction of sp³-hybridized carbons (Fsp3) is 0.767. The highest BCUT2D eigenvalue weighted by Gasteiger charge is 2.22. The van der Waals surface area contributed by atoms with Crippen molar-refractivity contribution in [3.63, 3.8) is 0 Å². The van der Waals surface area contributed by atoms with E-state index < -0.39 is 30.1 Å². The van der Waals surface area contributed by atoms with Crippen LogP contribution in [0.4, 0.5) is 4.79 Å². The van der Waals surface area contributed by atoms with Gasteiger partial charge in [-0.25, -0.2) is 9.59 Å². The summed E-state index contributed by atoms with van der Waals surface area (Å²) in [4.78, 5) is 82.6. The fourth-order valence-electron chi connectivity index (χ4n) is 4.30. The monoisotopic (exact) mass is 596 g/mol. The van der Waals surface area contributed by atoms with E-state index in [0.29, 0.717) is 51.5 Å². The van der Waals surface area contributed by atoms with Crippen LogP contribution in [0.2, 0.25) is 0 Å².